The summed E-state index contributed by atoms with van der Waals surface area (Å²) >= 11 is 0. The summed E-state index contributed by atoms with van der Waals surface area (Å²) in [5.74, 6) is 0.960. The number of benzene rings is 3. The molecule has 3 aromatic rings. The molecular formula is C31H36NOP. The largest absolute Gasteiger partial charge is 0.507 e. The highest BCUT2D eigenvalue weighted by atomic mass is 31.1. The summed E-state index contributed by atoms with van der Waals surface area (Å²) in [4.78, 5) is 0. The van der Waals surface area contributed by atoms with Gasteiger partial charge in [-0.1, -0.05) is 93.5 Å². The van der Waals surface area contributed by atoms with E-state index in [1.165, 1.54) is 22.0 Å². The second kappa shape index (κ2) is 11.2. The molecule has 1 aliphatic carbocycles. The van der Waals surface area contributed by atoms with E-state index >= 15 is 0 Å². The van der Waals surface area contributed by atoms with E-state index in [0.717, 1.165) is 36.7 Å². The Morgan fingerprint density at radius 3 is 2.38 bits per heavy atom. The van der Waals surface area contributed by atoms with Gasteiger partial charge in [-0.25, -0.2) is 0 Å². The van der Waals surface area contributed by atoms with Crippen molar-refractivity contribution in [2.45, 2.75) is 52.1 Å². The van der Waals surface area contributed by atoms with Crippen LogP contribution < -0.4 is 15.9 Å². The molecule has 0 radical (unpaired) electrons. The molecule has 3 heteroatoms. The van der Waals surface area contributed by atoms with Gasteiger partial charge in [0.15, 0.2) is 0 Å². The van der Waals surface area contributed by atoms with Crippen molar-refractivity contribution < 1.29 is 5.11 Å². The number of aromatic hydroxyl groups is 1. The lowest BCUT2D eigenvalue weighted by atomic mass is 9.91. The van der Waals surface area contributed by atoms with Gasteiger partial charge in [-0.05, 0) is 73.2 Å². The van der Waals surface area contributed by atoms with Gasteiger partial charge in [0, 0.05) is 23.8 Å². The van der Waals surface area contributed by atoms with Crippen molar-refractivity contribution in [3.05, 3.63) is 113 Å². The molecule has 0 saturated heterocycles. The van der Waals surface area contributed by atoms with Gasteiger partial charge in [0.2, 0.25) is 0 Å². The van der Waals surface area contributed by atoms with Crippen LogP contribution in [0.2, 0.25) is 0 Å². The number of phenolic OH excluding ortho intramolecular Hbond substituents is 1. The fourth-order valence-corrected chi connectivity index (χ4v) is 5.65. The van der Waals surface area contributed by atoms with Crippen LogP contribution in [0.1, 0.15) is 49.4 Å². The number of hydrogen-bond acceptors (Lipinski definition) is 2. The first-order valence-corrected chi connectivity index (χ1v) is 13.2. The minimum absolute atomic E-state index is 0.0586. The van der Waals surface area contributed by atoms with Crippen molar-refractivity contribution in [1.82, 2.24) is 5.32 Å². The Morgan fingerprint density at radius 1 is 0.882 bits per heavy atom. The summed E-state index contributed by atoms with van der Waals surface area (Å²) < 4.78 is 0. The molecule has 176 valence electrons. The molecular weight excluding hydrogens is 433 g/mol. The fraction of sp³-hybridized carbons (Fsp3) is 0.290. The van der Waals surface area contributed by atoms with Crippen LogP contribution in [0.5, 0.6) is 5.75 Å². The van der Waals surface area contributed by atoms with E-state index in [-0.39, 0.29) is 5.54 Å². The Morgan fingerprint density at radius 2 is 1.65 bits per heavy atom. The monoisotopic (exact) mass is 469 g/mol. The third-order valence-corrected chi connectivity index (χ3v) is 7.56. The number of rotatable bonds is 8. The van der Waals surface area contributed by atoms with E-state index in [2.05, 4.69) is 111 Å². The van der Waals surface area contributed by atoms with Gasteiger partial charge in [-0.2, -0.15) is 0 Å². The molecule has 1 aliphatic rings. The van der Waals surface area contributed by atoms with Gasteiger partial charge >= 0.3 is 0 Å². The average Bonchev–Trinajstić information content (AvgIpc) is 2.82. The Kier molecular flexibility index (Phi) is 8.03. The summed E-state index contributed by atoms with van der Waals surface area (Å²) in [6.45, 7) is 7.40. The van der Waals surface area contributed by atoms with Crippen LogP contribution in [0.25, 0.3) is 0 Å². The van der Waals surface area contributed by atoms with Gasteiger partial charge in [0.1, 0.15) is 5.75 Å². The maximum absolute atomic E-state index is 11.4. The third-order valence-electron chi connectivity index (χ3n) is 6.15. The second-order valence-corrected chi connectivity index (χ2v) is 11.5. The average molecular weight is 470 g/mol. The Bertz CT molecular complexity index is 1160. The summed E-state index contributed by atoms with van der Waals surface area (Å²) in [6.07, 6.45) is 11.6. The van der Waals surface area contributed by atoms with Crippen molar-refractivity contribution in [2.75, 3.05) is 0 Å². The highest BCUT2D eigenvalue weighted by molar-refractivity contribution is 7.55. The first-order valence-electron chi connectivity index (χ1n) is 12.2. The molecule has 0 aromatic heterocycles. The highest BCUT2D eigenvalue weighted by Crippen LogP contribution is 2.29. The summed E-state index contributed by atoms with van der Waals surface area (Å²) in [7, 11) is 0.411. The summed E-state index contributed by atoms with van der Waals surface area (Å²) in [6, 6.07) is 23.5. The topological polar surface area (TPSA) is 32.3 Å². The van der Waals surface area contributed by atoms with Crippen LogP contribution in [0.3, 0.4) is 0 Å². The Balaban J connectivity index is 1.65. The van der Waals surface area contributed by atoms with E-state index in [1.54, 1.807) is 0 Å². The Labute approximate surface area is 206 Å². The highest BCUT2D eigenvalue weighted by Gasteiger charge is 2.16. The molecule has 0 bridgehead atoms. The molecule has 0 aliphatic heterocycles. The standard InChI is InChI=1S/C31H36NOP/c1-31(2,3)32-22-26-16-10-11-17-28(26)34-29-21-25(18-23-12-6-4-7-13-23)20-27(30(29)33)19-24-14-8-5-9-15-24/h4-12,14-17,20-21,23,32-34H,13,18-19,22H2,1-3H3. The molecule has 0 spiro atoms. The normalized spacial score (nSPS) is 15.9. The van der Waals surface area contributed by atoms with Crippen LogP contribution in [-0.4, -0.2) is 10.6 Å². The molecule has 2 nitrogen and oxygen atoms in total. The van der Waals surface area contributed by atoms with Crippen LogP contribution in [0.4, 0.5) is 0 Å². The first-order chi connectivity index (χ1) is 16.4. The number of nitrogens with one attached hydrogen (secondary N) is 1. The SMILES string of the molecule is CC(C)(C)NCc1ccccc1Pc1cc(CC2C=CC=CC2)cc(Cc2ccccc2)c1O. The maximum Gasteiger partial charge on any atom is 0.126 e. The summed E-state index contributed by atoms with van der Waals surface area (Å²) in [5, 5.41) is 17.3. The predicted octanol–water partition coefficient (Wildman–Crippen LogP) is 6.18. The van der Waals surface area contributed by atoms with E-state index < -0.39 is 0 Å². The number of allylic oxidation sites excluding steroid dienone is 4. The minimum atomic E-state index is 0.0586. The molecule has 34 heavy (non-hydrogen) atoms. The van der Waals surface area contributed by atoms with Crippen LogP contribution >= 0.6 is 8.58 Å². The Hall–Kier alpha value is -2.67. The molecule has 4 rings (SSSR count). The molecule has 2 N–H and O–H groups in total. The number of hydrogen-bond donors (Lipinski definition) is 2. The number of phenols is 1. The van der Waals surface area contributed by atoms with Crippen molar-refractivity contribution in [2.24, 2.45) is 5.92 Å². The van der Waals surface area contributed by atoms with E-state index in [4.69, 9.17) is 0 Å². The van der Waals surface area contributed by atoms with Crippen LogP contribution in [0, 0.1) is 5.92 Å². The smallest absolute Gasteiger partial charge is 0.126 e. The predicted molar refractivity (Wildman–Crippen MR) is 148 cm³/mol. The zero-order valence-electron chi connectivity index (χ0n) is 20.5. The van der Waals surface area contributed by atoms with Crippen molar-refractivity contribution in [3.63, 3.8) is 0 Å². The fourth-order valence-electron chi connectivity index (χ4n) is 4.31. The van der Waals surface area contributed by atoms with Crippen molar-refractivity contribution in [3.8, 4) is 5.75 Å². The zero-order chi connectivity index (χ0) is 24.0. The van der Waals surface area contributed by atoms with E-state index in [1.807, 2.05) is 6.07 Å². The van der Waals surface area contributed by atoms with Crippen LogP contribution in [-0.2, 0) is 19.4 Å². The lowest BCUT2D eigenvalue weighted by molar-refractivity contribution is 0.425. The second-order valence-electron chi connectivity index (χ2n) is 10.2. The van der Waals surface area contributed by atoms with Gasteiger partial charge in [0.25, 0.3) is 0 Å². The van der Waals surface area contributed by atoms with Gasteiger partial charge < -0.3 is 10.4 Å². The minimum Gasteiger partial charge on any atom is -0.507 e. The molecule has 2 atom stereocenters. The first kappa shape index (κ1) is 24.5. The van der Waals surface area contributed by atoms with Crippen molar-refractivity contribution >= 4 is 19.2 Å². The van der Waals surface area contributed by atoms with Gasteiger partial charge in [0.05, 0.1) is 0 Å². The van der Waals surface area contributed by atoms with Crippen LogP contribution in [0.15, 0.2) is 91.0 Å². The van der Waals surface area contributed by atoms with E-state index in [0.29, 0.717) is 20.2 Å². The molecule has 2 unspecified atom stereocenters. The lowest BCUT2D eigenvalue weighted by Gasteiger charge is -2.22. The van der Waals surface area contributed by atoms with Gasteiger partial charge in [-0.15, -0.1) is 0 Å². The van der Waals surface area contributed by atoms with E-state index in [9.17, 15) is 5.11 Å². The molecule has 0 fully saturated rings. The third kappa shape index (κ3) is 6.92. The molecule has 0 saturated carbocycles. The molecule has 3 aromatic carbocycles. The zero-order valence-corrected chi connectivity index (χ0v) is 21.5. The summed E-state index contributed by atoms with van der Waals surface area (Å²) in [5.41, 5.74) is 4.90. The van der Waals surface area contributed by atoms with Gasteiger partial charge in [-0.3, -0.25) is 0 Å². The maximum atomic E-state index is 11.4. The lowest BCUT2D eigenvalue weighted by Crippen LogP contribution is -2.36. The molecule has 0 amide bonds. The van der Waals surface area contributed by atoms with Crippen molar-refractivity contribution in [1.29, 1.82) is 0 Å². The molecule has 0 heterocycles. The quantitative estimate of drug-likeness (QED) is 0.387.